The van der Waals surface area contributed by atoms with Crippen LogP contribution in [0, 0.1) is 0 Å². The monoisotopic (exact) mass is 213 g/mol. The largest absolute Gasteiger partial charge is 0.464 e. The number of fused-ring (bicyclic) bond motifs is 1. The summed E-state index contributed by atoms with van der Waals surface area (Å²) in [5, 5.41) is 0. The summed E-state index contributed by atoms with van der Waals surface area (Å²) in [6, 6.07) is 9.70. The number of furan rings is 1. The lowest BCUT2D eigenvalue weighted by atomic mass is 10.1. The fourth-order valence-corrected chi connectivity index (χ4v) is 1.72. The van der Waals surface area contributed by atoms with Crippen molar-refractivity contribution in [3.05, 3.63) is 42.5 Å². The van der Waals surface area contributed by atoms with E-state index < -0.39 is 0 Å². The van der Waals surface area contributed by atoms with E-state index in [9.17, 15) is 0 Å². The smallest absolute Gasteiger partial charge is 0.195 e. The molecule has 0 aliphatic heterocycles. The van der Waals surface area contributed by atoms with Gasteiger partial charge >= 0.3 is 0 Å². The Morgan fingerprint density at radius 1 is 1.25 bits per heavy atom. The molecule has 0 N–H and O–H groups in total. The van der Waals surface area contributed by atoms with Gasteiger partial charge in [0.25, 0.3) is 0 Å². The normalized spacial score (nSPS) is 11.1. The highest BCUT2D eigenvalue weighted by atomic mass is 16.3. The Balaban J connectivity index is 2.15. The molecule has 2 aromatic heterocycles. The second kappa shape index (κ2) is 3.52. The SMILES string of the molecule is CCc1nc2ccc(-c3ccco3)cc2o1. The van der Waals surface area contributed by atoms with Crippen molar-refractivity contribution < 1.29 is 8.83 Å². The Morgan fingerprint density at radius 3 is 2.94 bits per heavy atom. The average molecular weight is 213 g/mol. The zero-order valence-electron chi connectivity index (χ0n) is 8.93. The third-order valence-electron chi connectivity index (χ3n) is 2.54. The molecule has 3 aromatic rings. The first kappa shape index (κ1) is 9.21. The van der Waals surface area contributed by atoms with Crippen LogP contribution in [0.1, 0.15) is 12.8 Å². The van der Waals surface area contributed by atoms with E-state index in [1.54, 1.807) is 6.26 Å². The first-order valence-corrected chi connectivity index (χ1v) is 5.30. The Bertz CT molecular complexity index is 608. The number of rotatable bonds is 2. The predicted octanol–water partition coefficient (Wildman–Crippen LogP) is 3.65. The first-order valence-electron chi connectivity index (χ1n) is 5.30. The van der Waals surface area contributed by atoms with E-state index in [1.807, 2.05) is 37.3 Å². The van der Waals surface area contributed by atoms with Crippen molar-refractivity contribution in [2.24, 2.45) is 0 Å². The third kappa shape index (κ3) is 1.41. The summed E-state index contributed by atoms with van der Waals surface area (Å²) in [7, 11) is 0. The molecule has 0 aliphatic rings. The van der Waals surface area contributed by atoms with Gasteiger partial charge in [-0.25, -0.2) is 4.98 Å². The molecule has 0 aliphatic carbocycles. The Morgan fingerprint density at radius 2 is 2.19 bits per heavy atom. The number of oxazole rings is 1. The number of nitrogens with zero attached hydrogens (tertiary/aromatic N) is 1. The lowest BCUT2D eigenvalue weighted by Gasteiger charge is -1.94. The molecule has 1 aromatic carbocycles. The van der Waals surface area contributed by atoms with Crippen LogP contribution >= 0.6 is 0 Å². The van der Waals surface area contributed by atoms with Crippen molar-refractivity contribution in [3.63, 3.8) is 0 Å². The Kier molecular flexibility index (Phi) is 2.03. The van der Waals surface area contributed by atoms with Crippen LogP contribution in [0.25, 0.3) is 22.4 Å². The molecule has 80 valence electrons. The van der Waals surface area contributed by atoms with Crippen LogP contribution in [0.4, 0.5) is 0 Å². The van der Waals surface area contributed by atoms with Crippen LogP contribution in [-0.4, -0.2) is 4.98 Å². The molecule has 3 rings (SSSR count). The van der Waals surface area contributed by atoms with E-state index in [0.717, 1.165) is 34.7 Å². The second-order valence-corrected chi connectivity index (χ2v) is 3.62. The summed E-state index contributed by atoms with van der Waals surface area (Å²) >= 11 is 0. The van der Waals surface area contributed by atoms with E-state index in [1.165, 1.54) is 0 Å². The third-order valence-corrected chi connectivity index (χ3v) is 2.54. The van der Waals surface area contributed by atoms with Gasteiger partial charge in [0, 0.05) is 12.0 Å². The second-order valence-electron chi connectivity index (χ2n) is 3.62. The maximum atomic E-state index is 5.60. The van der Waals surface area contributed by atoms with Gasteiger partial charge in [-0.05, 0) is 30.3 Å². The molecule has 3 heteroatoms. The van der Waals surface area contributed by atoms with Crippen molar-refractivity contribution in [2.45, 2.75) is 13.3 Å². The van der Waals surface area contributed by atoms with Crippen LogP contribution in [0.15, 0.2) is 45.4 Å². The number of aryl methyl sites for hydroxylation is 1. The van der Waals surface area contributed by atoms with Crippen molar-refractivity contribution in [1.82, 2.24) is 4.98 Å². The summed E-state index contributed by atoms with van der Waals surface area (Å²) in [6.45, 7) is 2.03. The standard InChI is InChI=1S/C13H11NO2/c1-2-13-14-10-6-5-9(8-12(10)16-13)11-4-3-7-15-11/h3-8H,2H2,1H3. The molecule has 0 fully saturated rings. The van der Waals surface area contributed by atoms with E-state index >= 15 is 0 Å². The summed E-state index contributed by atoms with van der Waals surface area (Å²) in [5.74, 6) is 1.61. The summed E-state index contributed by atoms with van der Waals surface area (Å²) in [4.78, 5) is 4.36. The number of benzene rings is 1. The zero-order chi connectivity index (χ0) is 11.0. The maximum Gasteiger partial charge on any atom is 0.195 e. The topological polar surface area (TPSA) is 39.2 Å². The van der Waals surface area contributed by atoms with Gasteiger partial charge in [-0.15, -0.1) is 0 Å². The highest BCUT2D eigenvalue weighted by Crippen LogP contribution is 2.25. The summed E-state index contributed by atoms with van der Waals surface area (Å²) in [5.41, 5.74) is 2.72. The molecule has 0 radical (unpaired) electrons. The fourth-order valence-electron chi connectivity index (χ4n) is 1.72. The maximum absolute atomic E-state index is 5.60. The summed E-state index contributed by atoms with van der Waals surface area (Å²) in [6.07, 6.45) is 2.47. The van der Waals surface area contributed by atoms with Gasteiger partial charge in [0.15, 0.2) is 11.5 Å². The van der Waals surface area contributed by atoms with Crippen LogP contribution in [0.5, 0.6) is 0 Å². The fraction of sp³-hybridized carbons (Fsp3) is 0.154. The highest BCUT2D eigenvalue weighted by Gasteiger charge is 2.07. The molecule has 0 saturated heterocycles. The van der Waals surface area contributed by atoms with E-state index in [2.05, 4.69) is 4.98 Å². The minimum Gasteiger partial charge on any atom is -0.464 e. The van der Waals surface area contributed by atoms with Crippen molar-refractivity contribution in [3.8, 4) is 11.3 Å². The minimum atomic E-state index is 0.770. The molecule has 3 nitrogen and oxygen atoms in total. The van der Waals surface area contributed by atoms with E-state index in [0.29, 0.717) is 0 Å². The molecule has 0 bridgehead atoms. The lowest BCUT2D eigenvalue weighted by Crippen LogP contribution is -1.75. The van der Waals surface area contributed by atoms with Gasteiger partial charge in [0.1, 0.15) is 11.3 Å². The molecule has 0 amide bonds. The first-order chi connectivity index (χ1) is 7.86. The summed E-state index contributed by atoms with van der Waals surface area (Å²) < 4.78 is 10.9. The molecular weight excluding hydrogens is 202 g/mol. The van der Waals surface area contributed by atoms with Gasteiger partial charge in [0.2, 0.25) is 0 Å². The molecule has 0 saturated carbocycles. The van der Waals surface area contributed by atoms with Crippen molar-refractivity contribution in [2.75, 3.05) is 0 Å². The van der Waals surface area contributed by atoms with Gasteiger partial charge in [-0.3, -0.25) is 0 Å². The minimum absolute atomic E-state index is 0.770. The van der Waals surface area contributed by atoms with Crippen LogP contribution in [-0.2, 0) is 6.42 Å². The van der Waals surface area contributed by atoms with Crippen molar-refractivity contribution >= 4 is 11.1 Å². The zero-order valence-corrected chi connectivity index (χ0v) is 8.93. The molecule has 0 atom stereocenters. The van der Waals surface area contributed by atoms with Crippen LogP contribution in [0.3, 0.4) is 0 Å². The van der Waals surface area contributed by atoms with Crippen molar-refractivity contribution in [1.29, 1.82) is 0 Å². The number of hydrogen-bond donors (Lipinski definition) is 0. The number of hydrogen-bond acceptors (Lipinski definition) is 3. The molecule has 0 unspecified atom stereocenters. The predicted molar refractivity (Wildman–Crippen MR) is 61.1 cm³/mol. The molecule has 2 heterocycles. The van der Waals surface area contributed by atoms with Crippen LogP contribution in [0.2, 0.25) is 0 Å². The van der Waals surface area contributed by atoms with Crippen LogP contribution < -0.4 is 0 Å². The number of aromatic nitrogens is 1. The van der Waals surface area contributed by atoms with Gasteiger partial charge in [-0.1, -0.05) is 6.92 Å². The quantitative estimate of drug-likeness (QED) is 0.652. The van der Waals surface area contributed by atoms with Gasteiger partial charge in [-0.2, -0.15) is 0 Å². The Hall–Kier alpha value is -2.03. The van der Waals surface area contributed by atoms with Gasteiger partial charge in [0.05, 0.1) is 6.26 Å². The van der Waals surface area contributed by atoms with Gasteiger partial charge < -0.3 is 8.83 Å². The van der Waals surface area contributed by atoms with E-state index in [4.69, 9.17) is 8.83 Å². The highest BCUT2D eigenvalue weighted by molar-refractivity contribution is 5.78. The average Bonchev–Trinajstić information content (AvgIpc) is 2.96. The molecule has 0 spiro atoms. The molecule has 16 heavy (non-hydrogen) atoms. The lowest BCUT2D eigenvalue weighted by molar-refractivity contribution is 0.537. The molecular formula is C13H11NO2. The van der Waals surface area contributed by atoms with E-state index in [-0.39, 0.29) is 0 Å². The Labute approximate surface area is 92.7 Å².